The maximum atomic E-state index is 9.57. The third-order valence-corrected chi connectivity index (χ3v) is 5.94. The molecule has 0 amide bonds. The van der Waals surface area contributed by atoms with Crippen LogP contribution in [0.25, 0.3) is 0 Å². The van der Waals surface area contributed by atoms with Gasteiger partial charge in [0, 0.05) is 8.07 Å². The Balaban J connectivity index is 2.07. The molecule has 0 aliphatic heterocycles. The molecule has 0 unspecified atom stereocenters. The van der Waals surface area contributed by atoms with Gasteiger partial charge in [0.1, 0.15) is 5.75 Å². The zero-order chi connectivity index (χ0) is 14.1. The molecule has 1 fully saturated rings. The largest absolute Gasteiger partial charge is 0.497 e. The van der Waals surface area contributed by atoms with Gasteiger partial charge in [0.25, 0.3) is 0 Å². The van der Waals surface area contributed by atoms with Crippen molar-refractivity contribution >= 4 is 8.07 Å². The summed E-state index contributed by atoms with van der Waals surface area (Å²) >= 11 is 0. The first-order chi connectivity index (χ1) is 8.91. The first kappa shape index (κ1) is 14.1. The molecular weight excluding hydrogens is 250 g/mol. The predicted octanol–water partition coefficient (Wildman–Crippen LogP) is 4.20. The number of hydrogen-bond donors (Lipinski definition) is 0. The van der Waals surface area contributed by atoms with E-state index in [1.807, 2.05) is 12.1 Å². The van der Waals surface area contributed by atoms with Crippen molar-refractivity contribution in [2.75, 3.05) is 7.11 Å². The molecule has 2 atom stereocenters. The van der Waals surface area contributed by atoms with Crippen LogP contribution in [-0.4, -0.2) is 15.2 Å². The second kappa shape index (κ2) is 5.01. The van der Waals surface area contributed by atoms with E-state index < -0.39 is 8.07 Å². The highest BCUT2D eigenvalue weighted by Crippen LogP contribution is 2.56. The fourth-order valence-corrected chi connectivity index (χ4v) is 3.94. The van der Waals surface area contributed by atoms with Crippen molar-refractivity contribution in [1.82, 2.24) is 0 Å². The van der Waals surface area contributed by atoms with Crippen LogP contribution in [0.1, 0.15) is 18.4 Å². The lowest BCUT2D eigenvalue weighted by molar-refractivity contribution is 0.414. The minimum atomic E-state index is -1.00. The smallest absolute Gasteiger partial charge is 0.118 e. The second-order valence-corrected chi connectivity index (χ2v) is 12.4. The lowest BCUT2D eigenvalue weighted by Crippen LogP contribution is -2.20. The van der Waals surface area contributed by atoms with E-state index in [4.69, 9.17) is 4.74 Å². The van der Waals surface area contributed by atoms with E-state index >= 15 is 0 Å². The maximum Gasteiger partial charge on any atom is 0.118 e. The van der Waals surface area contributed by atoms with E-state index in [2.05, 4.69) is 37.8 Å². The van der Waals surface area contributed by atoms with E-state index in [1.165, 1.54) is 12.5 Å². The standard InChI is InChI=1S/C16H23NOSi/c1-18-15-7-5-13(6-8-15)16(12-17)11-14(16)9-10-19(2,3)4/h5-8,14H,9-11H2,1-4H3/t14-,16-/m0/s1. The Kier molecular flexibility index (Phi) is 3.73. The highest BCUT2D eigenvalue weighted by Gasteiger charge is 2.55. The molecule has 19 heavy (non-hydrogen) atoms. The monoisotopic (exact) mass is 273 g/mol. The normalized spacial score (nSPS) is 25.7. The van der Waals surface area contributed by atoms with Gasteiger partial charge in [0.2, 0.25) is 0 Å². The van der Waals surface area contributed by atoms with Crippen LogP contribution in [0.2, 0.25) is 25.7 Å². The summed E-state index contributed by atoms with van der Waals surface area (Å²) in [6, 6.07) is 11.9. The van der Waals surface area contributed by atoms with Crippen molar-refractivity contribution in [2.45, 2.75) is 43.9 Å². The summed E-state index contributed by atoms with van der Waals surface area (Å²) in [5.41, 5.74) is 0.947. The van der Waals surface area contributed by atoms with Crippen LogP contribution >= 0.6 is 0 Å². The number of nitrogens with zero attached hydrogens (tertiary/aromatic N) is 1. The van der Waals surface area contributed by atoms with Crippen molar-refractivity contribution in [1.29, 1.82) is 5.26 Å². The van der Waals surface area contributed by atoms with Gasteiger partial charge in [-0.15, -0.1) is 0 Å². The minimum Gasteiger partial charge on any atom is -0.497 e. The molecule has 102 valence electrons. The molecule has 1 aliphatic carbocycles. The van der Waals surface area contributed by atoms with Gasteiger partial charge in [-0.3, -0.25) is 0 Å². The summed E-state index contributed by atoms with van der Waals surface area (Å²) in [6.07, 6.45) is 2.23. The van der Waals surface area contributed by atoms with Crippen LogP contribution in [0.5, 0.6) is 5.75 Å². The van der Waals surface area contributed by atoms with E-state index in [9.17, 15) is 5.26 Å². The molecule has 1 aromatic rings. The van der Waals surface area contributed by atoms with E-state index in [0.29, 0.717) is 5.92 Å². The summed E-state index contributed by atoms with van der Waals surface area (Å²) < 4.78 is 5.18. The van der Waals surface area contributed by atoms with Crippen LogP contribution < -0.4 is 4.74 Å². The number of benzene rings is 1. The molecule has 0 saturated heterocycles. The van der Waals surface area contributed by atoms with Gasteiger partial charge in [-0.2, -0.15) is 5.26 Å². The summed E-state index contributed by atoms with van der Waals surface area (Å²) in [6.45, 7) is 7.20. The van der Waals surface area contributed by atoms with Crippen molar-refractivity contribution in [3.63, 3.8) is 0 Å². The van der Waals surface area contributed by atoms with Gasteiger partial charge in [-0.1, -0.05) is 44.2 Å². The van der Waals surface area contributed by atoms with Crippen molar-refractivity contribution in [2.24, 2.45) is 5.92 Å². The third kappa shape index (κ3) is 3.01. The summed E-state index contributed by atoms with van der Waals surface area (Å²) in [7, 11) is 0.669. The molecule has 1 saturated carbocycles. The number of methoxy groups -OCH3 is 1. The lowest BCUT2D eigenvalue weighted by Gasteiger charge is -2.16. The summed E-state index contributed by atoms with van der Waals surface area (Å²) in [5.74, 6) is 1.41. The van der Waals surface area contributed by atoms with Gasteiger partial charge < -0.3 is 4.74 Å². The molecule has 0 N–H and O–H groups in total. The molecular formula is C16H23NOSi. The van der Waals surface area contributed by atoms with Crippen LogP contribution in [0.15, 0.2) is 24.3 Å². The quantitative estimate of drug-likeness (QED) is 0.753. The Morgan fingerprint density at radius 1 is 1.32 bits per heavy atom. The van der Waals surface area contributed by atoms with E-state index in [1.54, 1.807) is 7.11 Å². The molecule has 0 aromatic heterocycles. The first-order valence-electron chi connectivity index (χ1n) is 6.97. The number of rotatable bonds is 5. The van der Waals surface area contributed by atoms with Gasteiger partial charge >= 0.3 is 0 Å². The zero-order valence-electron chi connectivity index (χ0n) is 12.4. The van der Waals surface area contributed by atoms with Gasteiger partial charge in [-0.05, 0) is 30.0 Å². The SMILES string of the molecule is COc1ccc([C@@]2(C#N)C[C@@H]2CC[Si](C)(C)C)cc1. The molecule has 1 aromatic carbocycles. The zero-order valence-corrected chi connectivity index (χ0v) is 13.4. The van der Waals surface area contributed by atoms with Crippen molar-refractivity contribution < 1.29 is 4.74 Å². The molecule has 1 aliphatic rings. The second-order valence-electron chi connectivity index (χ2n) is 6.81. The molecule has 0 radical (unpaired) electrons. The summed E-state index contributed by atoms with van der Waals surface area (Å²) in [4.78, 5) is 0. The molecule has 0 heterocycles. The van der Waals surface area contributed by atoms with Gasteiger partial charge in [-0.25, -0.2) is 0 Å². The fraction of sp³-hybridized carbons (Fsp3) is 0.562. The Labute approximate surface area is 117 Å². The van der Waals surface area contributed by atoms with E-state index in [-0.39, 0.29) is 5.41 Å². The fourth-order valence-electron chi connectivity index (χ4n) is 2.73. The van der Waals surface area contributed by atoms with Crippen LogP contribution in [0, 0.1) is 17.2 Å². The van der Waals surface area contributed by atoms with Gasteiger partial charge in [0.05, 0.1) is 18.6 Å². The van der Waals surface area contributed by atoms with Crippen LogP contribution in [0.3, 0.4) is 0 Å². The Hall–Kier alpha value is -1.27. The molecule has 0 bridgehead atoms. The highest BCUT2D eigenvalue weighted by molar-refractivity contribution is 6.76. The number of hydrogen-bond acceptors (Lipinski definition) is 2. The van der Waals surface area contributed by atoms with Crippen molar-refractivity contribution in [3.05, 3.63) is 29.8 Å². The molecule has 2 rings (SSSR count). The topological polar surface area (TPSA) is 33.0 Å². The van der Waals surface area contributed by atoms with E-state index in [0.717, 1.165) is 17.7 Å². The van der Waals surface area contributed by atoms with Crippen LogP contribution in [-0.2, 0) is 5.41 Å². The third-order valence-electron chi connectivity index (χ3n) is 4.15. The van der Waals surface area contributed by atoms with Crippen LogP contribution in [0.4, 0.5) is 0 Å². The minimum absolute atomic E-state index is 0.216. The average Bonchev–Trinajstić information content (AvgIpc) is 3.11. The number of nitriles is 1. The first-order valence-corrected chi connectivity index (χ1v) is 10.7. The Bertz CT molecular complexity index is 483. The summed E-state index contributed by atoms with van der Waals surface area (Å²) in [5, 5.41) is 9.57. The number of ether oxygens (including phenoxy) is 1. The molecule has 3 heteroatoms. The average molecular weight is 273 g/mol. The van der Waals surface area contributed by atoms with Crippen molar-refractivity contribution in [3.8, 4) is 11.8 Å². The Morgan fingerprint density at radius 3 is 2.42 bits per heavy atom. The van der Waals surface area contributed by atoms with Gasteiger partial charge in [0.15, 0.2) is 0 Å². The predicted molar refractivity (Wildman–Crippen MR) is 81.2 cm³/mol. The molecule has 0 spiro atoms. The Morgan fingerprint density at radius 2 is 1.95 bits per heavy atom. The lowest BCUT2D eigenvalue weighted by atomic mass is 9.94. The molecule has 2 nitrogen and oxygen atoms in total. The highest BCUT2D eigenvalue weighted by atomic mass is 28.3. The maximum absolute atomic E-state index is 9.57.